The normalized spacial score (nSPS) is 18.3. The third-order valence-electron chi connectivity index (χ3n) is 4.89. The first-order valence-electron chi connectivity index (χ1n) is 8.95. The van der Waals surface area contributed by atoms with Gasteiger partial charge in [-0.05, 0) is 37.8 Å². The summed E-state index contributed by atoms with van der Waals surface area (Å²) in [5.74, 6) is 0.745. The highest BCUT2D eigenvalue weighted by Gasteiger charge is 2.30. The minimum absolute atomic E-state index is 0. The zero-order valence-electron chi connectivity index (χ0n) is 14.7. The predicted octanol–water partition coefficient (Wildman–Crippen LogP) is 3.08. The van der Waals surface area contributed by atoms with Crippen LogP contribution in [-0.2, 0) is 0 Å². The van der Waals surface area contributed by atoms with Crippen molar-refractivity contribution in [3.8, 4) is 0 Å². The Labute approximate surface area is 153 Å². The van der Waals surface area contributed by atoms with Crippen molar-refractivity contribution in [3.63, 3.8) is 0 Å². The van der Waals surface area contributed by atoms with Crippen molar-refractivity contribution in [1.82, 2.24) is 20.4 Å². The lowest BCUT2D eigenvalue weighted by atomic mass is 10.0. The minimum Gasteiger partial charge on any atom is -0.337 e. The second-order valence-corrected chi connectivity index (χ2v) is 7.17. The molecule has 2 aromatic heterocycles. The maximum Gasteiger partial charge on any atom is 0.259 e. The number of hydrogen-bond donors (Lipinski definition) is 1. The van der Waals surface area contributed by atoms with Crippen LogP contribution in [0.5, 0.6) is 0 Å². The Morgan fingerprint density at radius 1 is 1.32 bits per heavy atom. The standard InChI is InChI=1S/C18H24N4O2.ClH/c1-11(2)16-15-13(18(23)22-8-3-6-19-7-9-22)10-14(12-4-5-12)20-17(15)24-21-16;/h10-12,19H,3-9H2,1-2H3;1H. The predicted molar refractivity (Wildman–Crippen MR) is 98.5 cm³/mol. The number of pyridine rings is 1. The number of aromatic nitrogens is 2. The van der Waals surface area contributed by atoms with Crippen LogP contribution in [0.1, 0.15) is 66.7 Å². The summed E-state index contributed by atoms with van der Waals surface area (Å²) in [7, 11) is 0. The van der Waals surface area contributed by atoms with Gasteiger partial charge in [0, 0.05) is 31.2 Å². The number of carbonyl (C=O) groups is 1. The van der Waals surface area contributed by atoms with E-state index in [4.69, 9.17) is 4.52 Å². The molecule has 6 nitrogen and oxygen atoms in total. The summed E-state index contributed by atoms with van der Waals surface area (Å²) in [6.07, 6.45) is 3.27. The Morgan fingerprint density at radius 2 is 2.12 bits per heavy atom. The average molecular weight is 365 g/mol. The Morgan fingerprint density at radius 3 is 2.84 bits per heavy atom. The van der Waals surface area contributed by atoms with Gasteiger partial charge in [-0.15, -0.1) is 12.4 Å². The van der Waals surface area contributed by atoms with Gasteiger partial charge in [0.15, 0.2) is 0 Å². The molecule has 25 heavy (non-hydrogen) atoms. The number of carbonyl (C=O) groups excluding carboxylic acids is 1. The number of rotatable bonds is 3. The van der Waals surface area contributed by atoms with Gasteiger partial charge in [-0.3, -0.25) is 4.79 Å². The van der Waals surface area contributed by atoms with Gasteiger partial charge in [0.25, 0.3) is 11.6 Å². The average Bonchev–Trinajstić information content (AvgIpc) is 3.37. The summed E-state index contributed by atoms with van der Waals surface area (Å²) in [5.41, 5.74) is 3.04. The molecular formula is C18H25ClN4O2. The molecule has 1 saturated heterocycles. The molecule has 2 fully saturated rings. The van der Waals surface area contributed by atoms with Gasteiger partial charge >= 0.3 is 0 Å². The highest BCUT2D eigenvalue weighted by molar-refractivity contribution is 6.06. The SMILES string of the molecule is CC(C)c1noc2nc(C3CC3)cc(C(=O)N3CCCNCC3)c12.Cl. The third kappa shape index (κ3) is 3.51. The molecule has 1 saturated carbocycles. The molecule has 1 amide bonds. The second kappa shape index (κ2) is 7.30. The van der Waals surface area contributed by atoms with Crippen LogP contribution in [0.15, 0.2) is 10.6 Å². The molecule has 0 bridgehead atoms. The van der Waals surface area contributed by atoms with Crippen LogP contribution in [0.2, 0.25) is 0 Å². The second-order valence-electron chi connectivity index (χ2n) is 7.17. The maximum absolute atomic E-state index is 13.2. The molecule has 2 aromatic rings. The lowest BCUT2D eigenvalue weighted by Crippen LogP contribution is -2.34. The van der Waals surface area contributed by atoms with Crippen LogP contribution in [0.3, 0.4) is 0 Å². The van der Waals surface area contributed by atoms with Crippen molar-refractivity contribution < 1.29 is 9.32 Å². The van der Waals surface area contributed by atoms with E-state index in [1.54, 1.807) is 0 Å². The number of amides is 1. The Bertz CT molecular complexity index is 762. The molecule has 4 rings (SSSR count). The van der Waals surface area contributed by atoms with E-state index in [0.717, 1.165) is 62.2 Å². The molecule has 3 heterocycles. The van der Waals surface area contributed by atoms with Crippen molar-refractivity contribution in [2.45, 2.75) is 44.9 Å². The van der Waals surface area contributed by atoms with Gasteiger partial charge in [-0.1, -0.05) is 19.0 Å². The Balaban J connectivity index is 0.00000182. The summed E-state index contributed by atoms with van der Waals surface area (Å²) in [4.78, 5) is 19.8. The fourth-order valence-corrected chi connectivity index (χ4v) is 3.36. The van der Waals surface area contributed by atoms with Gasteiger partial charge in [0.05, 0.1) is 16.6 Å². The Hall–Kier alpha value is -1.66. The highest BCUT2D eigenvalue weighted by atomic mass is 35.5. The van der Waals surface area contributed by atoms with E-state index in [9.17, 15) is 4.79 Å². The first-order valence-corrected chi connectivity index (χ1v) is 8.95. The molecule has 136 valence electrons. The molecule has 1 aliphatic heterocycles. The van der Waals surface area contributed by atoms with Crippen molar-refractivity contribution in [2.24, 2.45) is 0 Å². The van der Waals surface area contributed by atoms with E-state index in [2.05, 4.69) is 29.3 Å². The molecule has 1 aliphatic carbocycles. The molecule has 0 radical (unpaired) electrons. The topological polar surface area (TPSA) is 71.3 Å². The summed E-state index contributed by atoms with van der Waals surface area (Å²) in [6, 6.07) is 1.99. The van der Waals surface area contributed by atoms with Gasteiger partial charge < -0.3 is 14.7 Å². The third-order valence-corrected chi connectivity index (χ3v) is 4.89. The highest BCUT2D eigenvalue weighted by Crippen LogP contribution is 2.41. The summed E-state index contributed by atoms with van der Waals surface area (Å²) in [6.45, 7) is 7.47. The van der Waals surface area contributed by atoms with Gasteiger partial charge in [0.2, 0.25) is 0 Å². The zero-order chi connectivity index (χ0) is 16.7. The summed E-state index contributed by atoms with van der Waals surface area (Å²) in [5, 5.41) is 8.35. The molecule has 0 atom stereocenters. The van der Waals surface area contributed by atoms with Gasteiger partial charge in [-0.2, -0.15) is 0 Å². The lowest BCUT2D eigenvalue weighted by molar-refractivity contribution is 0.0768. The largest absolute Gasteiger partial charge is 0.337 e. The minimum atomic E-state index is 0. The van der Waals surface area contributed by atoms with Crippen LogP contribution in [0.25, 0.3) is 11.1 Å². The van der Waals surface area contributed by atoms with Crippen molar-refractivity contribution in [2.75, 3.05) is 26.2 Å². The van der Waals surface area contributed by atoms with Gasteiger partial charge in [0.1, 0.15) is 0 Å². The lowest BCUT2D eigenvalue weighted by Gasteiger charge is -2.21. The summed E-state index contributed by atoms with van der Waals surface area (Å²) < 4.78 is 5.49. The van der Waals surface area contributed by atoms with E-state index in [0.29, 0.717) is 17.2 Å². The smallest absolute Gasteiger partial charge is 0.259 e. The molecule has 2 aliphatic rings. The van der Waals surface area contributed by atoms with E-state index in [-0.39, 0.29) is 24.2 Å². The summed E-state index contributed by atoms with van der Waals surface area (Å²) >= 11 is 0. The van der Waals surface area contributed by atoms with Crippen molar-refractivity contribution in [1.29, 1.82) is 0 Å². The van der Waals surface area contributed by atoms with Crippen LogP contribution >= 0.6 is 12.4 Å². The number of nitrogens with one attached hydrogen (secondary N) is 1. The number of halogens is 1. The fourth-order valence-electron chi connectivity index (χ4n) is 3.36. The molecular weight excluding hydrogens is 340 g/mol. The molecule has 1 N–H and O–H groups in total. The van der Waals surface area contributed by atoms with E-state index >= 15 is 0 Å². The molecule has 0 aromatic carbocycles. The monoisotopic (exact) mass is 364 g/mol. The van der Waals surface area contributed by atoms with Crippen LogP contribution in [-0.4, -0.2) is 47.1 Å². The fraction of sp³-hybridized carbons (Fsp3) is 0.611. The number of nitrogens with zero attached hydrogens (tertiary/aromatic N) is 3. The molecule has 7 heteroatoms. The first-order chi connectivity index (χ1) is 11.6. The van der Waals surface area contributed by atoms with E-state index < -0.39 is 0 Å². The molecule has 0 spiro atoms. The number of hydrogen-bond acceptors (Lipinski definition) is 5. The van der Waals surface area contributed by atoms with Crippen LogP contribution in [0.4, 0.5) is 0 Å². The van der Waals surface area contributed by atoms with E-state index in [1.165, 1.54) is 0 Å². The van der Waals surface area contributed by atoms with E-state index in [1.807, 2.05) is 11.0 Å². The quantitative estimate of drug-likeness (QED) is 0.906. The molecule has 0 unspecified atom stereocenters. The van der Waals surface area contributed by atoms with Crippen molar-refractivity contribution in [3.05, 3.63) is 23.0 Å². The first kappa shape index (κ1) is 18.1. The van der Waals surface area contributed by atoms with Crippen LogP contribution < -0.4 is 5.32 Å². The van der Waals surface area contributed by atoms with Crippen molar-refractivity contribution >= 4 is 29.4 Å². The maximum atomic E-state index is 13.2. The van der Waals surface area contributed by atoms with Gasteiger partial charge in [-0.25, -0.2) is 4.98 Å². The number of fused-ring (bicyclic) bond motifs is 1. The zero-order valence-corrected chi connectivity index (χ0v) is 15.6. The Kier molecular flexibility index (Phi) is 5.29. The van der Waals surface area contributed by atoms with Crippen LogP contribution in [0, 0.1) is 0 Å².